The van der Waals surface area contributed by atoms with Crippen molar-refractivity contribution < 1.29 is 0 Å². The molecule has 2 rings (SSSR count). The first-order valence-corrected chi connectivity index (χ1v) is 7.37. The van der Waals surface area contributed by atoms with Crippen molar-refractivity contribution in [2.75, 3.05) is 36.9 Å². The number of rotatable bonds is 2. The predicted molar refractivity (Wildman–Crippen MR) is 66.5 cm³/mol. The lowest BCUT2D eigenvalue weighted by Crippen LogP contribution is -2.44. The van der Waals surface area contributed by atoms with Crippen molar-refractivity contribution >= 4 is 29.5 Å². The highest BCUT2D eigenvalue weighted by Gasteiger charge is 2.14. The summed E-state index contributed by atoms with van der Waals surface area (Å²) in [5.74, 6) is 4.91. The zero-order chi connectivity index (χ0) is 9.64. The lowest BCUT2D eigenvalue weighted by molar-refractivity contribution is 0.700. The van der Waals surface area contributed by atoms with Gasteiger partial charge in [0.25, 0.3) is 0 Å². The van der Waals surface area contributed by atoms with Crippen LogP contribution in [0.1, 0.15) is 6.42 Å². The maximum absolute atomic E-state index is 4.39. The number of aliphatic imine (C=N–C) groups is 1. The Hall–Kier alpha value is -0.0300. The van der Waals surface area contributed by atoms with Crippen LogP contribution in [0, 0.1) is 0 Å². The largest absolute Gasteiger partial charge is 0.356 e. The average molecular weight is 231 g/mol. The summed E-state index contributed by atoms with van der Waals surface area (Å²) in [5, 5.41) is 7.44. The van der Waals surface area contributed by atoms with Crippen molar-refractivity contribution in [2.45, 2.75) is 11.7 Å². The van der Waals surface area contributed by atoms with Crippen molar-refractivity contribution in [1.82, 2.24) is 10.6 Å². The third-order valence-corrected chi connectivity index (χ3v) is 5.12. The molecule has 0 amide bonds. The van der Waals surface area contributed by atoms with E-state index in [-0.39, 0.29) is 0 Å². The molecule has 2 aliphatic rings. The van der Waals surface area contributed by atoms with Gasteiger partial charge in [-0.05, 0) is 6.42 Å². The standard InChI is InChI=1S/C9H17N3S2/c1-2-10-9(11-3-1)12-6-8-7-13-4-5-14-8/h8H,1-7H2,(H2,10,11,12). The Labute approximate surface area is 93.9 Å². The van der Waals surface area contributed by atoms with E-state index in [1.54, 1.807) is 0 Å². The van der Waals surface area contributed by atoms with Gasteiger partial charge >= 0.3 is 0 Å². The van der Waals surface area contributed by atoms with Gasteiger partial charge in [-0.1, -0.05) is 0 Å². The number of hydrogen-bond acceptors (Lipinski definition) is 5. The molecule has 3 nitrogen and oxygen atoms in total. The Kier molecular flexibility index (Phi) is 4.31. The smallest absolute Gasteiger partial charge is 0.191 e. The molecule has 1 atom stereocenters. The highest BCUT2D eigenvalue weighted by atomic mass is 32.2. The quantitative estimate of drug-likeness (QED) is 0.736. The van der Waals surface area contributed by atoms with Crippen molar-refractivity contribution in [1.29, 1.82) is 0 Å². The van der Waals surface area contributed by atoms with Gasteiger partial charge in [0.2, 0.25) is 0 Å². The molecule has 14 heavy (non-hydrogen) atoms. The van der Waals surface area contributed by atoms with Crippen LogP contribution in [0.5, 0.6) is 0 Å². The van der Waals surface area contributed by atoms with Gasteiger partial charge in [0, 0.05) is 42.1 Å². The van der Waals surface area contributed by atoms with Crippen LogP contribution in [0.15, 0.2) is 4.99 Å². The van der Waals surface area contributed by atoms with Gasteiger partial charge < -0.3 is 10.6 Å². The molecule has 0 aliphatic carbocycles. The molecule has 2 heterocycles. The van der Waals surface area contributed by atoms with Gasteiger partial charge in [-0.3, -0.25) is 4.99 Å². The zero-order valence-corrected chi connectivity index (χ0v) is 9.92. The first kappa shape index (κ1) is 10.5. The van der Waals surface area contributed by atoms with Crippen LogP contribution < -0.4 is 10.6 Å². The van der Waals surface area contributed by atoms with Crippen LogP contribution >= 0.6 is 23.5 Å². The third-order valence-electron chi connectivity index (χ3n) is 2.28. The van der Waals surface area contributed by atoms with Crippen LogP contribution in [0.3, 0.4) is 0 Å². The van der Waals surface area contributed by atoms with E-state index in [0.717, 1.165) is 30.8 Å². The summed E-state index contributed by atoms with van der Waals surface area (Å²) in [6.07, 6.45) is 1.17. The van der Waals surface area contributed by atoms with E-state index in [0.29, 0.717) is 0 Å². The predicted octanol–water partition coefficient (Wildman–Crippen LogP) is 0.774. The number of nitrogens with one attached hydrogen (secondary N) is 2. The molecule has 2 N–H and O–H groups in total. The topological polar surface area (TPSA) is 36.4 Å². The Morgan fingerprint density at radius 1 is 1.50 bits per heavy atom. The molecular weight excluding hydrogens is 214 g/mol. The Bertz CT molecular complexity index is 202. The Balaban J connectivity index is 1.67. The molecular formula is C9H17N3S2. The maximum Gasteiger partial charge on any atom is 0.191 e. The normalized spacial score (nSPS) is 27.7. The molecule has 0 radical (unpaired) electrons. The summed E-state index contributed by atoms with van der Waals surface area (Å²) in [7, 11) is 0. The van der Waals surface area contributed by atoms with Crippen LogP contribution in [-0.4, -0.2) is 48.1 Å². The first-order chi connectivity index (χ1) is 6.95. The minimum Gasteiger partial charge on any atom is -0.356 e. The fourth-order valence-electron chi connectivity index (χ4n) is 1.52. The summed E-state index contributed by atoms with van der Waals surface area (Å²) in [4.78, 5) is 4.39. The molecule has 80 valence electrons. The van der Waals surface area contributed by atoms with Crippen LogP contribution in [-0.2, 0) is 0 Å². The van der Waals surface area contributed by atoms with E-state index in [1.807, 2.05) is 0 Å². The molecule has 1 fully saturated rings. The third kappa shape index (κ3) is 3.28. The van der Waals surface area contributed by atoms with Gasteiger partial charge in [0.1, 0.15) is 0 Å². The van der Waals surface area contributed by atoms with Crippen molar-refractivity contribution in [3.63, 3.8) is 0 Å². The Morgan fingerprint density at radius 3 is 3.21 bits per heavy atom. The summed E-state index contributed by atoms with van der Waals surface area (Å²) in [6, 6.07) is 0. The Morgan fingerprint density at radius 2 is 2.50 bits per heavy atom. The monoisotopic (exact) mass is 231 g/mol. The van der Waals surface area contributed by atoms with Gasteiger partial charge in [-0.15, -0.1) is 0 Å². The summed E-state index contributed by atoms with van der Waals surface area (Å²) in [6.45, 7) is 3.10. The molecule has 1 unspecified atom stereocenters. The van der Waals surface area contributed by atoms with Crippen molar-refractivity contribution in [3.05, 3.63) is 0 Å². The van der Waals surface area contributed by atoms with Gasteiger partial charge in [-0.2, -0.15) is 23.5 Å². The second kappa shape index (κ2) is 5.75. The highest BCUT2D eigenvalue weighted by molar-refractivity contribution is 8.06. The number of nitrogens with zero attached hydrogens (tertiary/aromatic N) is 1. The maximum atomic E-state index is 4.39. The fraction of sp³-hybridized carbons (Fsp3) is 0.889. The minimum atomic E-state index is 0.764. The van der Waals surface area contributed by atoms with Crippen LogP contribution in [0.2, 0.25) is 0 Å². The highest BCUT2D eigenvalue weighted by Crippen LogP contribution is 2.23. The van der Waals surface area contributed by atoms with E-state index in [4.69, 9.17) is 0 Å². The van der Waals surface area contributed by atoms with Crippen molar-refractivity contribution in [3.8, 4) is 0 Å². The van der Waals surface area contributed by atoms with E-state index < -0.39 is 0 Å². The number of thioether (sulfide) groups is 2. The lowest BCUT2D eigenvalue weighted by Gasteiger charge is -2.23. The van der Waals surface area contributed by atoms with Gasteiger partial charge in [-0.25, -0.2) is 0 Å². The van der Waals surface area contributed by atoms with E-state index in [9.17, 15) is 0 Å². The minimum absolute atomic E-state index is 0.764. The molecule has 0 aromatic heterocycles. The number of guanidine groups is 1. The second-order valence-electron chi connectivity index (χ2n) is 3.46. The molecule has 0 bridgehead atoms. The van der Waals surface area contributed by atoms with Crippen LogP contribution in [0.4, 0.5) is 0 Å². The number of hydrogen-bond donors (Lipinski definition) is 2. The average Bonchev–Trinajstić information content (AvgIpc) is 2.29. The molecule has 0 saturated carbocycles. The van der Waals surface area contributed by atoms with E-state index in [1.165, 1.54) is 23.7 Å². The molecule has 0 aromatic rings. The van der Waals surface area contributed by atoms with Gasteiger partial charge in [0.15, 0.2) is 5.96 Å². The molecule has 0 spiro atoms. The molecule has 1 saturated heterocycles. The first-order valence-electron chi connectivity index (χ1n) is 5.17. The van der Waals surface area contributed by atoms with E-state index in [2.05, 4.69) is 39.1 Å². The SMILES string of the molecule is C1CN=C(NCC2CSCCS2)NC1. The molecule has 2 aliphatic heterocycles. The van der Waals surface area contributed by atoms with Crippen LogP contribution in [0.25, 0.3) is 0 Å². The molecule has 5 heteroatoms. The second-order valence-corrected chi connectivity index (χ2v) is 6.02. The summed E-state index contributed by atoms with van der Waals surface area (Å²) in [5.41, 5.74) is 0. The fourth-order valence-corrected chi connectivity index (χ4v) is 4.13. The van der Waals surface area contributed by atoms with Gasteiger partial charge in [0.05, 0.1) is 0 Å². The lowest BCUT2D eigenvalue weighted by atomic mass is 10.4. The summed E-state index contributed by atoms with van der Waals surface area (Å²) >= 11 is 4.15. The zero-order valence-electron chi connectivity index (χ0n) is 8.29. The van der Waals surface area contributed by atoms with Crippen molar-refractivity contribution in [2.24, 2.45) is 4.99 Å². The molecule has 0 aromatic carbocycles. The van der Waals surface area contributed by atoms with E-state index >= 15 is 0 Å². The summed E-state index contributed by atoms with van der Waals surface area (Å²) < 4.78 is 0.